The topological polar surface area (TPSA) is 32.3 Å². The van der Waals surface area contributed by atoms with E-state index in [9.17, 15) is 0 Å². The second-order valence-corrected chi connectivity index (χ2v) is 4.46. The van der Waals surface area contributed by atoms with E-state index in [4.69, 9.17) is 5.11 Å². The van der Waals surface area contributed by atoms with Crippen LogP contribution < -0.4 is 5.32 Å². The number of hydrogen-bond donors (Lipinski definition) is 2. The van der Waals surface area contributed by atoms with Gasteiger partial charge in [-0.15, -0.1) is 11.3 Å². The molecule has 2 nitrogen and oxygen atoms in total. The molecule has 1 heterocycles. The van der Waals surface area contributed by atoms with Gasteiger partial charge in [0.05, 0.1) is 0 Å². The standard InChI is InChI=1S/C11H19NOS/c1-10-5-9-14-11(10)4-7-12-6-2-3-8-13/h5,9,12-13H,2-4,6-8H2,1H3. The van der Waals surface area contributed by atoms with Crippen LogP contribution >= 0.6 is 11.3 Å². The summed E-state index contributed by atoms with van der Waals surface area (Å²) < 4.78 is 0. The first-order valence-electron chi connectivity index (χ1n) is 5.19. The Hall–Kier alpha value is -0.380. The Morgan fingerprint density at radius 2 is 2.21 bits per heavy atom. The Labute approximate surface area is 90.0 Å². The average molecular weight is 213 g/mol. The molecule has 1 aromatic rings. The highest BCUT2D eigenvalue weighted by molar-refractivity contribution is 7.10. The van der Waals surface area contributed by atoms with Gasteiger partial charge in [0.2, 0.25) is 0 Å². The fraction of sp³-hybridized carbons (Fsp3) is 0.636. The molecule has 0 aromatic carbocycles. The molecule has 0 spiro atoms. The van der Waals surface area contributed by atoms with Crippen molar-refractivity contribution in [1.82, 2.24) is 5.32 Å². The van der Waals surface area contributed by atoms with Crippen LogP contribution in [-0.4, -0.2) is 24.8 Å². The third kappa shape index (κ3) is 4.22. The highest BCUT2D eigenvalue weighted by atomic mass is 32.1. The number of unbranched alkanes of at least 4 members (excludes halogenated alkanes) is 1. The van der Waals surface area contributed by atoms with Crippen molar-refractivity contribution in [3.8, 4) is 0 Å². The van der Waals surface area contributed by atoms with Crippen molar-refractivity contribution in [2.24, 2.45) is 0 Å². The lowest BCUT2D eigenvalue weighted by atomic mass is 10.2. The predicted molar refractivity (Wildman–Crippen MR) is 61.9 cm³/mol. The lowest BCUT2D eigenvalue weighted by Crippen LogP contribution is -2.18. The Bertz CT molecular complexity index is 247. The number of thiophene rings is 1. The van der Waals surface area contributed by atoms with Crippen LogP contribution in [0.3, 0.4) is 0 Å². The van der Waals surface area contributed by atoms with E-state index < -0.39 is 0 Å². The molecule has 0 fully saturated rings. The van der Waals surface area contributed by atoms with E-state index in [-0.39, 0.29) is 0 Å². The maximum Gasteiger partial charge on any atom is 0.0431 e. The number of aliphatic hydroxyl groups is 1. The number of hydrogen-bond acceptors (Lipinski definition) is 3. The zero-order valence-corrected chi connectivity index (χ0v) is 9.57. The van der Waals surface area contributed by atoms with Crippen LogP contribution in [0.15, 0.2) is 11.4 Å². The van der Waals surface area contributed by atoms with Gasteiger partial charge >= 0.3 is 0 Å². The molecule has 0 aliphatic rings. The Morgan fingerprint density at radius 1 is 1.36 bits per heavy atom. The van der Waals surface area contributed by atoms with Gasteiger partial charge in [0.1, 0.15) is 0 Å². The van der Waals surface area contributed by atoms with E-state index >= 15 is 0 Å². The normalized spacial score (nSPS) is 10.7. The predicted octanol–water partition coefficient (Wildman–Crippen LogP) is 1.96. The number of aryl methyl sites for hydroxylation is 1. The molecule has 2 N–H and O–H groups in total. The summed E-state index contributed by atoms with van der Waals surface area (Å²) in [5.41, 5.74) is 1.41. The molecule has 0 radical (unpaired) electrons. The van der Waals surface area contributed by atoms with Crippen LogP contribution in [0.5, 0.6) is 0 Å². The molecule has 14 heavy (non-hydrogen) atoms. The lowest BCUT2D eigenvalue weighted by Gasteiger charge is -2.03. The fourth-order valence-electron chi connectivity index (χ4n) is 1.35. The van der Waals surface area contributed by atoms with Gasteiger partial charge in [0, 0.05) is 11.5 Å². The van der Waals surface area contributed by atoms with Crippen LogP contribution in [0.25, 0.3) is 0 Å². The quantitative estimate of drug-likeness (QED) is 0.679. The third-order valence-electron chi connectivity index (χ3n) is 2.26. The molecular formula is C11H19NOS. The smallest absolute Gasteiger partial charge is 0.0431 e. The van der Waals surface area contributed by atoms with Crippen molar-refractivity contribution in [3.05, 3.63) is 21.9 Å². The van der Waals surface area contributed by atoms with Crippen LogP contribution in [-0.2, 0) is 6.42 Å². The van der Waals surface area contributed by atoms with Crippen LogP contribution in [0.2, 0.25) is 0 Å². The van der Waals surface area contributed by atoms with E-state index in [0.29, 0.717) is 6.61 Å². The van der Waals surface area contributed by atoms with Crippen molar-refractivity contribution in [3.63, 3.8) is 0 Å². The summed E-state index contributed by atoms with van der Waals surface area (Å²) in [6, 6.07) is 2.17. The number of aliphatic hydroxyl groups excluding tert-OH is 1. The molecule has 3 heteroatoms. The van der Waals surface area contributed by atoms with Crippen molar-refractivity contribution in [2.45, 2.75) is 26.2 Å². The van der Waals surface area contributed by atoms with Crippen molar-refractivity contribution in [1.29, 1.82) is 0 Å². The molecule has 0 unspecified atom stereocenters. The van der Waals surface area contributed by atoms with Crippen LogP contribution in [0.1, 0.15) is 23.3 Å². The zero-order valence-electron chi connectivity index (χ0n) is 8.75. The minimum atomic E-state index is 0.311. The lowest BCUT2D eigenvalue weighted by molar-refractivity contribution is 0.284. The highest BCUT2D eigenvalue weighted by Crippen LogP contribution is 2.15. The summed E-state index contributed by atoms with van der Waals surface area (Å²) in [6.45, 7) is 4.54. The van der Waals surface area contributed by atoms with E-state index in [0.717, 1.165) is 32.4 Å². The Kier molecular flexibility index (Phi) is 5.83. The Morgan fingerprint density at radius 3 is 2.86 bits per heavy atom. The molecule has 0 aliphatic heterocycles. The van der Waals surface area contributed by atoms with Gasteiger partial charge < -0.3 is 10.4 Å². The fourth-order valence-corrected chi connectivity index (χ4v) is 2.26. The van der Waals surface area contributed by atoms with Crippen molar-refractivity contribution < 1.29 is 5.11 Å². The van der Waals surface area contributed by atoms with E-state index in [2.05, 4.69) is 23.7 Å². The monoisotopic (exact) mass is 213 g/mol. The zero-order chi connectivity index (χ0) is 10.2. The van der Waals surface area contributed by atoms with Gasteiger partial charge in [-0.25, -0.2) is 0 Å². The maximum atomic E-state index is 8.58. The second kappa shape index (κ2) is 6.98. The van der Waals surface area contributed by atoms with E-state index in [1.165, 1.54) is 10.4 Å². The van der Waals surface area contributed by atoms with E-state index in [1.54, 1.807) is 0 Å². The average Bonchev–Trinajstić information content (AvgIpc) is 2.58. The molecule has 0 atom stereocenters. The summed E-state index contributed by atoms with van der Waals surface area (Å²) in [4.78, 5) is 1.49. The summed E-state index contributed by atoms with van der Waals surface area (Å²) >= 11 is 1.84. The molecular weight excluding hydrogens is 194 g/mol. The van der Waals surface area contributed by atoms with Crippen LogP contribution in [0.4, 0.5) is 0 Å². The number of rotatable bonds is 7. The third-order valence-corrected chi connectivity index (χ3v) is 3.34. The molecule has 0 aliphatic carbocycles. The number of nitrogens with one attached hydrogen (secondary N) is 1. The van der Waals surface area contributed by atoms with Crippen molar-refractivity contribution >= 4 is 11.3 Å². The largest absolute Gasteiger partial charge is 0.396 e. The SMILES string of the molecule is Cc1ccsc1CCNCCCCO. The first-order valence-corrected chi connectivity index (χ1v) is 6.07. The van der Waals surface area contributed by atoms with Gasteiger partial charge in [0.15, 0.2) is 0 Å². The molecule has 0 saturated heterocycles. The molecule has 1 rings (SSSR count). The first kappa shape index (κ1) is 11.7. The molecule has 0 amide bonds. The minimum absolute atomic E-state index is 0.311. The summed E-state index contributed by atoms with van der Waals surface area (Å²) in [6.07, 6.45) is 3.10. The highest BCUT2D eigenvalue weighted by Gasteiger charge is 1.98. The van der Waals surface area contributed by atoms with Gasteiger partial charge in [-0.3, -0.25) is 0 Å². The Balaban J connectivity index is 2.02. The van der Waals surface area contributed by atoms with Gasteiger partial charge in [-0.1, -0.05) is 0 Å². The molecule has 0 saturated carbocycles. The van der Waals surface area contributed by atoms with Gasteiger partial charge in [-0.05, 0) is 56.3 Å². The van der Waals surface area contributed by atoms with Crippen molar-refractivity contribution in [2.75, 3.05) is 19.7 Å². The minimum Gasteiger partial charge on any atom is -0.396 e. The summed E-state index contributed by atoms with van der Waals surface area (Å²) in [7, 11) is 0. The summed E-state index contributed by atoms with van der Waals surface area (Å²) in [5, 5.41) is 14.1. The second-order valence-electron chi connectivity index (χ2n) is 3.46. The molecule has 1 aromatic heterocycles. The molecule has 80 valence electrons. The van der Waals surface area contributed by atoms with Gasteiger partial charge in [0.25, 0.3) is 0 Å². The molecule has 0 bridgehead atoms. The van der Waals surface area contributed by atoms with Gasteiger partial charge in [-0.2, -0.15) is 0 Å². The maximum absolute atomic E-state index is 8.58. The summed E-state index contributed by atoms with van der Waals surface area (Å²) in [5.74, 6) is 0. The van der Waals surface area contributed by atoms with E-state index in [1.807, 2.05) is 11.3 Å². The first-order chi connectivity index (χ1) is 6.84. The van der Waals surface area contributed by atoms with Crippen LogP contribution in [0, 0.1) is 6.92 Å².